The van der Waals surface area contributed by atoms with Crippen molar-refractivity contribution in [3.05, 3.63) is 41.7 Å². The Hall–Kier alpha value is -3.09. The zero-order valence-corrected chi connectivity index (χ0v) is 14.5. The molecule has 0 saturated carbocycles. The van der Waals surface area contributed by atoms with Crippen LogP contribution in [0.15, 0.2) is 30.5 Å². The second-order valence-electron chi connectivity index (χ2n) is 6.52. The van der Waals surface area contributed by atoms with Crippen molar-refractivity contribution in [1.82, 2.24) is 14.8 Å². The lowest BCUT2D eigenvalue weighted by molar-refractivity contribution is -0.0431. The maximum absolute atomic E-state index is 12.6. The van der Waals surface area contributed by atoms with Crippen LogP contribution in [0.3, 0.4) is 0 Å². The van der Waals surface area contributed by atoms with Crippen molar-refractivity contribution in [2.45, 2.75) is 26.6 Å². The van der Waals surface area contributed by atoms with Gasteiger partial charge in [-0.3, -0.25) is 9.48 Å². The molecule has 0 unspecified atom stereocenters. The molecule has 0 fully saturated rings. The Bertz CT molecular complexity index is 1010. The molecule has 1 aromatic carbocycles. The monoisotopic (exact) mass is 338 g/mol. The Morgan fingerprint density at radius 2 is 1.96 bits per heavy atom. The Morgan fingerprint density at radius 1 is 1.20 bits per heavy atom. The smallest absolute Gasteiger partial charge is 0.257 e. The zero-order chi connectivity index (χ0) is 17.8. The first-order chi connectivity index (χ1) is 11.8. The molecule has 4 rings (SSSR count). The standard InChI is InChI=1S/C18H18N4O3/c1-10-13-7-11(9-19-16(13)22(4)21-10)17(23)20-12-5-6-14-15(8-12)25-18(2,3)24-14/h5-9H,1-4H3,(H,20,23). The number of carbonyl (C=O) groups excluding carboxylic acids is 1. The van der Waals surface area contributed by atoms with Gasteiger partial charge < -0.3 is 14.8 Å². The van der Waals surface area contributed by atoms with Gasteiger partial charge in [0.25, 0.3) is 5.91 Å². The zero-order valence-electron chi connectivity index (χ0n) is 14.5. The number of aryl methyl sites for hydroxylation is 2. The molecule has 1 N–H and O–H groups in total. The van der Waals surface area contributed by atoms with Gasteiger partial charge >= 0.3 is 0 Å². The van der Waals surface area contributed by atoms with E-state index in [9.17, 15) is 4.79 Å². The van der Waals surface area contributed by atoms with Gasteiger partial charge in [-0.2, -0.15) is 5.10 Å². The quantitative estimate of drug-likeness (QED) is 0.777. The largest absolute Gasteiger partial charge is 0.449 e. The summed E-state index contributed by atoms with van der Waals surface area (Å²) in [4.78, 5) is 16.9. The fourth-order valence-corrected chi connectivity index (χ4v) is 2.94. The molecule has 1 aliphatic rings. The van der Waals surface area contributed by atoms with Crippen LogP contribution in [0.25, 0.3) is 11.0 Å². The summed E-state index contributed by atoms with van der Waals surface area (Å²) in [6.07, 6.45) is 1.55. The number of anilines is 1. The first-order valence-corrected chi connectivity index (χ1v) is 7.95. The molecular weight excluding hydrogens is 320 g/mol. The number of aromatic nitrogens is 3. The van der Waals surface area contributed by atoms with Crippen LogP contribution >= 0.6 is 0 Å². The van der Waals surface area contributed by atoms with Crippen LogP contribution in [0.2, 0.25) is 0 Å². The SMILES string of the molecule is Cc1nn(C)c2ncc(C(=O)Nc3ccc4c(c3)OC(C)(C)O4)cc12. The van der Waals surface area contributed by atoms with Crippen molar-refractivity contribution in [1.29, 1.82) is 0 Å². The van der Waals surface area contributed by atoms with Crippen LogP contribution in [0, 0.1) is 6.92 Å². The number of hydrogen-bond acceptors (Lipinski definition) is 5. The number of ether oxygens (including phenoxy) is 2. The number of nitrogens with zero attached hydrogens (tertiary/aromatic N) is 3. The van der Waals surface area contributed by atoms with Crippen LogP contribution in [-0.2, 0) is 7.05 Å². The minimum absolute atomic E-state index is 0.240. The molecule has 3 heterocycles. The first-order valence-electron chi connectivity index (χ1n) is 7.95. The van der Waals surface area contributed by atoms with E-state index in [2.05, 4.69) is 15.4 Å². The van der Waals surface area contributed by atoms with E-state index in [0.29, 0.717) is 22.7 Å². The molecule has 0 aliphatic carbocycles. The normalized spacial score (nSPS) is 14.7. The highest BCUT2D eigenvalue weighted by atomic mass is 16.7. The lowest BCUT2D eigenvalue weighted by atomic mass is 10.2. The van der Waals surface area contributed by atoms with E-state index in [-0.39, 0.29) is 5.91 Å². The summed E-state index contributed by atoms with van der Waals surface area (Å²) in [7, 11) is 1.83. The van der Waals surface area contributed by atoms with Crippen LogP contribution in [0.1, 0.15) is 29.9 Å². The van der Waals surface area contributed by atoms with Gasteiger partial charge in [0, 0.05) is 44.2 Å². The predicted molar refractivity (Wildman–Crippen MR) is 93.0 cm³/mol. The van der Waals surface area contributed by atoms with Gasteiger partial charge in [-0.05, 0) is 25.1 Å². The van der Waals surface area contributed by atoms with Gasteiger partial charge in [-0.1, -0.05) is 0 Å². The van der Waals surface area contributed by atoms with Crippen LogP contribution in [-0.4, -0.2) is 26.5 Å². The van der Waals surface area contributed by atoms with E-state index >= 15 is 0 Å². The molecule has 128 valence electrons. The fraction of sp³-hybridized carbons (Fsp3) is 0.278. The van der Waals surface area contributed by atoms with Crippen molar-refractivity contribution in [2.24, 2.45) is 7.05 Å². The Labute approximate surface area is 144 Å². The number of rotatable bonds is 2. The Kier molecular flexibility index (Phi) is 3.21. The third kappa shape index (κ3) is 2.67. The molecule has 3 aromatic rings. The van der Waals surface area contributed by atoms with Crippen molar-refractivity contribution < 1.29 is 14.3 Å². The van der Waals surface area contributed by atoms with E-state index in [0.717, 1.165) is 16.7 Å². The summed E-state index contributed by atoms with van der Waals surface area (Å²) in [5.74, 6) is 0.338. The van der Waals surface area contributed by atoms with Crippen molar-refractivity contribution in [3.8, 4) is 11.5 Å². The highest BCUT2D eigenvalue weighted by Crippen LogP contribution is 2.40. The number of pyridine rings is 1. The summed E-state index contributed by atoms with van der Waals surface area (Å²) < 4.78 is 13.1. The summed E-state index contributed by atoms with van der Waals surface area (Å²) >= 11 is 0. The molecule has 1 aliphatic heterocycles. The number of amides is 1. The van der Waals surface area contributed by atoms with Gasteiger partial charge in [0.2, 0.25) is 5.79 Å². The molecular formula is C18H18N4O3. The van der Waals surface area contributed by atoms with E-state index in [1.54, 1.807) is 35.1 Å². The lowest BCUT2D eigenvalue weighted by Gasteiger charge is -2.16. The van der Waals surface area contributed by atoms with E-state index in [1.807, 2.05) is 27.8 Å². The van der Waals surface area contributed by atoms with Crippen molar-refractivity contribution in [3.63, 3.8) is 0 Å². The number of hydrogen-bond donors (Lipinski definition) is 1. The maximum Gasteiger partial charge on any atom is 0.257 e. The van der Waals surface area contributed by atoms with Gasteiger partial charge in [0.05, 0.1) is 11.3 Å². The topological polar surface area (TPSA) is 78.3 Å². The summed E-state index contributed by atoms with van der Waals surface area (Å²) in [5.41, 5.74) is 2.69. The number of nitrogens with one attached hydrogen (secondary N) is 1. The van der Waals surface area contributed by atoms with Crippen molar-refractivity contribution in [2.75, 3.05) is 5.32 Å². The Morgan fingerprint density at radius 3 is 2.76 bits per heavy atom. The Balaban J connectivity index is 1.60. The molecule has 0 saturated heterocycles. The molecule has 0 bridgehead atoms. The highest BCUT2D eigenvalue weighted by Gasteiger charge is 2.31. The molecule has 25 heavy (non-hydrogen) atoms. The maximum atomic E-state index is 12.6. The van der Waals surface area contributed by atoms with Crippen LogP contribution < -0.4 is 14.8 Å². The molecule has 2 aromatic heterocycles. The van der Waals surface area contributed by atoms with E-state index < -0.39 is 5.79 Å². The van der Waals surface area contributed by atoms with E-state index in [4.69, 9.17) is 9.47 Å². The van der Waals surface area contributed by atoms with Gasteiger partial charge in [-0.25, -0.2) is 4.98 Å². The third-order valence-electron chi connectivity index (χ3n) is 4.04. The average molecular weight is 338 g/mol. The van der Waals surface area contributed by atoms with Gasteiger partial charge in [0.1, 0.15) is 0 Å². The molecule has 0 spiro atoms. The minimum atomic E-state index is -0.697. The van der Waals surface area contributed by atoms with E-state index in [1.165, 1.54) is 0 Å². The van der Waals surface area contributed by atoms with Gasteiger partial charge in [-0.15, -0.1) is 0 Å². The van der Waals surface area contributed by atoms with Crippen molar-refractivity contribution >= 4 is 22.6 Å². The summed E-state index contributed by atoms with van der Waals surface area (Å²) in [6.45, 7) is 5.57. The summed E-state index contributed by atoms with van der Waals surface area (Å²) in [6, 6.07) is 7.12. The van der Waals surface area contributed by atoms with Crippen LogP contribution in [0.5, 0.6) is 11.5 Å². The number of benzene rings is 1. The molecule has 0 radical (unpaired) electrons. The predicted octanol–water partition coefficient (Wildman–Crippen LogP) is 3.04. The molecule has 7 heteroatoms. The molecule has 0 atom stereocenters. The second kappa shape index (κ2) is 5.20. The fourth-order valence-electron chi connectivity index (χ4n) is 2.94. The summed E-state index contributed by atoms with van der Waals surface area (Å²) in [5, 5.41) is 8.05. The molecule has 7 nitrogen and oxygen atoms in total. The number of fused-ring (bicyclic) bond motifs is 2. The number of carbonyl (C=O) groups is 1. The lowest BCUT2D eigenvalue weighted by Crippen LogP contribution is -2.29. The first kappa shape index (κ1) is 15.4. The van der Waals surface area contributed by atoms with Crippen LogP contribution in [0.4, 0.5) is 5.69 Å². The minimum Gasteiger partial charge on any atom is -0.449 e. The third-order valence-corrected chi connectivity index (χ3v) is 4.04. The highest BCUT2D eigenvalue weighted by molar-refractivity contribution is 6.05. The average Bonchev–Trinajstić information content (AvgIpc) is 3.01. The second-order valence-corrected chi connectivity index (χ2v) is 6.52. The molecule has 1 amide bonds. The van der Waals surface area contributed by atoms with Gasteiger partial charge in [0.15, 0.2) is 17.1 Å².